The van der Waals surface area contributed by atoms with E-state index in [0.717, 1.165) is 5.56 Å². The van der Waals surface area contributed by atoms with Gasteiger partial charge >= 0.3 is 5.97 Å². The van der Waals surface area contributed by atoms with Crippen LogP contribution in [0.25, 0.3) is 0 Å². The number of hydrogen-bond donors (Lipinski definition) is 3. The van der Waals surface area contributed by atoms with Crippen LogP contribution in [-0.4, -0.2) is 48.2 Å². The van der Waals surface area contributed by atoms with E-state index in [1.165, 1.54) is 0 Å². The van der Waals surface area contributed by atoms with Crippen molar-refractivity contribution in [3.05, 3.63) is 61.2 Å². The smallest absolute Gasteiger partial charge is 0.309 e. The van der Waals surface area contributed by atoms with E-state index < -0.39 is 12.0 Å². The molecule has 1 aromatic carbocycles. The maximum atomic E-state index is 12.6. The zero-order chi connectivity index (χ0) is 23.9. The second kappa shape index (κ2) is 15.0. The Hall–Kier alpha value is -2.93. The van der Waals surface area contributed by atoms with E-state index in [4.69, 9.17) is 9.84 Å². The summed E-state index contributed by atoms with van der Waals surface area (Å²) < 4.78 is 5.45. The number of hydrogen-bond acceptors (Lipinski definition) is 5. The van der Waals surface area contributed by atoms with Gasteiger partial charge in [0.15, 0.2) is 0 Å². The lowest BCUT2D eigenvalue weighted by Crippen LogP contribution is -2.43. The van der Waals surface area contributed by atoms with Crippen LogP contribution in [0.15, 0.2) is 55.6 Å². The van der Waals surface area contributed by atoms with Gasteiger partial charge in [-0.2, -0.15) is 0 Å². The summed E-state index contributed by atoms with van der Waals surface area (Å²) in [6.45, 7) is 10.6. The molecule has 32 heavy (non-hydrogen) atoms. The lowest BCUT2D eigenvalue weighted by Gasteiger charge is -2.21. The van der Waals surface area contributed by atoms with Gasteiger partial charge in [-0.05, 0) is 38.7 Å². The molecule has 0 fully saturated rings. The molecular formula is C25H36N2O5. The fourth-order valence-corrected chi connectivity index (χ4v) is 3.18. The first-order valence-corrected chi connectivity index (χ1v) is 10.9. The summed E-state index contributed by atoms with van der Waals surface area (Å²) in [6, 6.07) is 8.89. The first-order valence-electron chi connectivity index (χ1n) is 10.9. The predicted octanol–water partition coefficient (Wildman–Crippen LogP) is 2.55. The predicted molar refractivity (Wildman–Crippen MR) is 125 cm³/mol. The molecule has 0 aromatic heterocycles. The van der Waals surface area contributed by atoms with Crippen molar-refractivity contribution in [2.24, 2.45) is 11.8 Å². The van der Waals surface area contributed by atoms with Crippen LogP contribution >= 0.6 is 0 Å². The zero-order valence-electron chi connectivity index (χ0n) is 19.1. The Bertz CT molecular complexity index is 750. The Morgan fingerprint density at radius 3 is 2.22 bits per heavy atom. The molecule has 4 atom stereocenters. The van der Waals surface area contributed by atoms with Crippen LogP contribution < -0.4 is 10.6 Å². The SMILES string of the molecule is C=CC[C@@H](CC(=O)N[C@@H](C)CO)C(=O)N[C@@H](C)COC(=O)[C@@H](CC=C)Cc1ccccc1. The minimum atomic E-state index is -0.594. The van der Waals surface area contributed by atoms with Crippen molar-refractivity contribution in [2.75, 3.05) is 13.2 Å². The van der Waals surface area contributed by atoms with Crippen molar-refractivity contribution in [2.45, 2.75) is 51.6 Å². The lowest BCUT2D eigenvalue weighted by atomic mass is 9.96. The molecule has 3 N–H and O–H groups in total. The van der Waals surface area contributed by atoms with Gasteiger partial charge in [0.05, 0.1) is 24.5 Å². The highest BCUT2D eigenvalue weighted by Gasteiger charge is 2.24. The number of nitrogens with one attached hydrogen (secondary N) is 2. The van der Waals surface area contributed by atoms with Gasteiger partial charge in [0.1, 0.15) is 6.61 Å². The first-order chi connectivity index (χ1) is 15.3. The highest BCUT2D eigenvalue weighted by atomic mass is 16.5. The number of aliphatic hydroxyl groups is 1. The average Bonchev–Trinajstić information content (AvgIpc) is 2.77. The normalized spacial score (nSPS) is 14.3. The zero-order valence-corrected chi connectivity index (χ0v) is 19.1. The molecule has 1 rings (SSSR count). The quantitative estimate of drug-likeness (QED) is 0.285. The minimum Gasteiger partial charge on any atom is -0.463 e. The molecule has 0 spiro atoms. The van der Waals surface area contributed by atoms with E-state index in [2.05, 4.69) is 23.8 Å². The van der Waals surface area contributed by atoms with Crippen LogP contribution in [0.3, 0.4) is 0 Å². The largest absolute Gasteiger partial charge is 0.463 e. The Kier molecular flexibility index (Phi) is 12.7. The third-order valence-electron chi connectivity index (χ3n) is 4.91. The summed E-state index contributed by atoms with van der Waals surface area (Å²) in [5.41, 5.74) is 1.04. The molecule has 0 unspecified atom stereocenters. The van der Waals surface area contributed by atoms with Gasteiger partial charge in [-0.25, -0.2) is 0 Å². The number of aliphatic hydroxyl groups excluding tert-OH is 1. The molecule has 0 bridgehead atoms. The van der Waals surface area contributed by atoms with Crippen molar-refractivity contribution in [3.63, 3.8) is 0 Å². The molecule has 2 amide bonds. The molecule has 0 radical (unpaired) electrons. The summed E-state index contributed by atoms with van der Waals surface area (Å²) in [6.07, 6.45) is 4.64. The maximum Gasteiger partial charge on any atom is 0.309 e. The summed E-state index contributed by atoms with van der Waals surface area (Å²) in [4.78, 5) is 37.3. The van der Waals surface area contributed by atoms with Gasteiger partial charge in [-0.1, -0.05) is 42.5 Å². The highest BCUT2D eigenvalue weighted by Crippen LogP contribution is 2.15. The van der Waals surface area contributed by atoms with Crippen molar-refractivity contribution in [1.29, 1.82) is 0 Å². The number of amides is 2. The number of ether oxygens (including phenoxy) is 1. The van der Waals surface area contributed by atoms with E-state index in [1.54, 1.807) is 26.0 Å². The van der Waals surface area contributed by atoms with Gasteiger partial charge in [0.2, 0.25) is 11.8 Å². The fraction of sp³-hybridized carbons (Fsp3) is 0.480. The monoisotopic (exact) mass is 444 g/mol. The summed E-state index contributed by atoms with van der Waals surface area (Å²) in [5, 5.41) is 14.5. The van der Waals surface area contributed by atoms with E-state index in [0.29, 0.717) is 19.3 Å². The number of benzene rings is 1. The molecule has 0 aliphatic heterocycles. The topological polar surface area (TPSA) is 105 Å². The standard InChI is InChI=1S/C25H36N2O5/c1-5-10-21(15-23(29)26-18(3)16-28)24(30)27-19(4)17-32-25(31)22(11-6-2)14-20-12-8-7-9-13-20/h5-9,12-13,18-19,21-22,28H,1-2,10-11,14-17H2,3-4H3,(H,26,29)(H,27,30)/t18-,19-,21-,22-/m0/s1. The summed E-state index contributed by atoms with van der Waals surface area (Å²) in [5.74, 6) is -1.91. The van der Waals surface area contributed by atoms with Crippen LogP contribution in [0.4, 0.5) is 0 Å². The Morgan fingerprint density at radius 2 is 1.62 bits per heavy atom. The molecule has 0 aliphatic carbocycles. The van der Waals surface area contributed by atoms with Gasteiger partial charge in [-0.3, -0.25) is 14.4 Å². The number of rotatable bonds is 15. The molecule has 0 saturated heterocycles. The molecule has 0 saturated carbocycles. The molecule has 7 heteroatoms. The van der Waals surface area contributed by atoms with Crippen molar-refractivity contribution < 1.29 is 24.2 Å². The van der Waals surface area contributed by atoms with Crippen molar-refractivity contribution in [1.82, 2.24) is 10.6 Å². The fourth-order valence-electron chi connectivity index (χ4n) is 3.18. The summed E-state index contributed by atoms with van der Waals surface area (Å²) >= 11 is 0. The number of carbonyl (C=O) groups excluding carboxylic acids is 3. The van der Waals surface area contributed by atoms with Gasteiger partial charge in [0, 0.05) is 12.5 Å². The van der Waals surface area contributed by atoms with Gasteiger partial charge < -0.3 is 20.5 Å². The molecule has 1 aromatic rings. The molecule has 0 aliphatic rings. The van der Waals surface area contributed by atoms with Crippen molar-refractivity contribution in [3.8, 4) is 0 Å². The van der Waals surface area contributed by atoms with Crippen LogP contribution in [0.1, 0.15) is 38.7 Å². The second-order valence-corrected chi connectivity index (χ2v) is 8.03. The van der Waals surface area contributed by atoms with Crippen LogP contribution in [0, 0.1) is 11.8 Å². The first kappa shape index (κ1) is 27.1. The van der Waals surface area contributed by atoms with Gasteiger partial charge in [-0.15, -0.1) is 13.2 Å². The average molecular weight is 445 g/mol. The van der Waals surface area contributed by atoms with Gasteiger partial charge in [0.25, 0.3) is 0 Å². The van der Waals surface area contributed by atoms with Crippen LogP contribution in [0.2, 0.25) is 0 Å². The Balaban J connectivity index is 2.57. The van der Waals surface area contributed by atoms with E-state index in [1.807, 2.05) is 30.3 Å². The summed E-state index contributed by atoms with van der Waals surface area (Å²) in [7, 11) is 0. The number of esters is 1. The molecule has 7 nitrogen and oxygen atoms in total. The minimum absolute atomic E-state index is 0.0206. The maximum absolute atomic E-state index is 12.6. The second-order valence-electron chi connectivity index (χ2n) is 8.03. The number of carbonyl (C=O) groups is 3. The molecule has 0 heterocycles. The van der Waals surface area contributed by atoms with Crippen molar-refractivity contribution >= 4 is 17.8 Å². The third-order valence-corrected chi connectivity index (χ3v) is 4.91. The molecule has 176 valence electrons. The number of allylic oxidation sites excluding steroid dienone is 2. The van der Waals surface area contributed by atoms with E-state index in [9.17, 15) is 14.4 Å². The van der Waals surface area contributed by atoms with Crippen LogP contribution in [0.5, 0.6) is 0 Å². The van der Waals surface area contributed by atoms with E-state index in [-0.39, 0.29) is 49.4 Å². The molecular weight excluding hydrogens is 408 g/mol. The Morgan fingerprint density at radius 1 is 1.00 bits per heavy atom. The lowest BCUT2D eigenvalue weighted by molar-refractivity contribution is -0.149. The highest BCUT2D eigenvalue weighted by molar-refractivity contribution is 5.86. The van der Waals surface area contributed by atoms with E-state index >= 15 is 0 Å². The third kappa shape index (κ3) is 10.4. The Labute approximate surface area is 190 Å². The van der Waals surface area contributed by atoms with Crippen LogP contribution in [-0.2, 0) is 25.5 Å².